The van der Waals surface area contributed by atoms with Gasteiger partial charge in [-0.1, -0.05) is 44.0 Å². The third kappa shape index (κ3) is 4.83. The summed E-state index contributed by atoms with van der Waals surface area (Å²) in [6.07, 6.45) is 3.44. The quantitative estimate of drug-likeness (QED) is 0.753. The van der Waals surface area contributed by atoms with Gasteiger partial charge in [-0.15, -0.1) is 0 Å². The van der Waals surface area contributed by atoms with E-state index in [-0.39, 0.29) is 6.03 Å². The highest BCUT2D eigenvalue weighted by atomic mass is 79.9. The molecular formula is C15H12Br2N2O. The molecule has 0 fully saturated rings. The van der Waals surface area contributed by atoms with E-state index in [1.54, 1.807) is 6.20 Å². The van der Waals surface area contributed by atoms with Crippen LogP contribution in [0, 0.1) is 0 Å². The predicted molar refractivity (Wildman–Crippen MR) is 89.5 cm³/mol. The summed E-state index contributed by atoms with van der Waals surface area (Å²) in [6.45, 7) is 0. The molecule has 0 aliphatic carbocycles. The van der Waals surface area contributed by atoms with E-state index in [1.165, 1.54) is 0 Å². The molecule has 2 rings (SSSR count). The minimum absolute atomic E-state index is 0.277. The molecule has 2 aromatic carbocycles. The monoisotopic (exact) mass is 394 g/mol. The predicted octanol–water partition coefficient (Wildman–Crippen LogP) is 5.00. The third-order valence-corrected chi connectivity index (χ3v) is 3.52. The van der Waals surface area contributed by atoms with Crippen molar-refractivity contribution in [2.75, 3.05) is 5.32 Å². The topological polar surface area (TPSA) is 41.1 Å². The Balaban J connectivity index is 1.85. The maximum atomic E-state index is 11.6. The first kappa shape index (κ1) is 14.8. The summed E-state index contributed by atoms with van der Waals surface area (Å²) in [5.74, 6) is 0. The van der Waals surface area contributed by atoms with Crippen LogP contribution in [-0.2, 0) is 0 Å². The van der Waals surface area contributed by atoms with Crippen LogP contribution in [0.5, 0.6) is 0 Å². The van der Waals surface area contributed by atoms with Gasteiger partial charge in [-0.2, -0.15) is 0 Å². The maximum absolute atomic E-state index is 11.6. The molecule has 3 nitrogen and oxygen atoms in total. The normalized spacial score (nSPS) is 10.5. The number of carbonyl (C=O) groups is 1. The molecule has 0 saturated carbocycles. The van der Waals surface area contributed by atoms with Crippen molar-refractivity contribution in [2.45, 2.75) is 0 Å². The van der Waals surface area contributed by atoms with Gasteiger partial charge >= 0.3 is 6.03 Å². The van der Waals surface area contributed by atoms with Crippen molar-refractivity contribution in [3.05, 3.63) is 69.2 Å². The largest absolute Gasteiger partial charge is 0.323 e. The number of carbonyl (C=O) groups excluding carboxylic acids is 1. The molecule has 2 amide bonds. The molecule has 0 atom stereocenters. The second-order valence-electron chi connectivity index (χ2n) is 3.99. The van der Waals surface area contributed by atoms with Gasteiger partial charge in [0.2, 0.25) is 0 Å². The Bertz CT molecular complexity index is 607. The summed E-state index contributed by atoms with van der Waals surface area (Å²) in [6, 6.07) is 14.9. The molecule has 0 unspecified atom stereocenters. The Labute approximate surface area is 134 Å². The van der Waals surface area contributed by atoms with Crippen LogP contribution in [0.3, 0.4) is 0 Å². The minimum Gasteiger partial charge on any atom is -0.314 e. The number of nitrogens with one attached hydrogen (secondary N) is 2. The number of hydrogen-bond donors (Lipinski definition) is 2. The number of hydrogen-bond acceptors (Lipinski definition) is 1. The number of benzene rings is 2. The fourth-order valence-electron chi connectivity index (χ4n) is 1.49. The second-order valence-corrected chi connectivity index (χ2v) is 5.82. The Morgan fingerprint density at radius 3 is 2.05 bits per heavy atom. The number of rotatable bonds is 3. The fraction of sp³-hybridized carbons (Fsp3) is 0. The molecule has 0 bridgehead atoms. The van der Waals surface area contributed by atoms with Gasteiger partial charge in [-0.3, -0.25) is 0 Å². The SMILES string of the molecule is O=C(N/C=C/c1ccc(Br)cc1)Nc1ccc(Br)cc1. The molecule has 102 valence electrons. The zero-order valence-corrected chi connectivity index (χ0v) is 13.6. The molecular weight excluding hydrogens is 384 g/mol. The van der Waals surface area contributed by atoms with Crippen molar-refractivity contribution in [3.8, 4) is 0 Å². The maximum Gasteiger partial charge on any atom is 0.323 e. The van der Waals surface area contributed by atoms with Crippen molar-refractivity contribution in [2.24, 2.45) is 0 Å². The zero-order chi connectivity index (χ0) is 14.4. The summed E-state index contributed by atoms with van der Waals surface area (Å²) in [7, 11) is 0. The highest BCUT2D eigenvalue weighted by Crippen LogP contribution is 2.14. The number of anilines is 1. The van der Waals surface area contributed by atoms with Crippen molar-refractivity contribution >= 4 is 49.7 Å². The van der Waals surface area contributed by atoms with Crippen LogP contribution in [0.15, 0.2) is 63.7 Å². The molecule has 0 aromatic heterocycles. The van der Waals surface area contributed by atoms with Gasteiger partial charge in [0.25, 0.3) is 0 Å². The fourth-order valence-corrected chi connectivity index (χ4v) is 2.02. The molecule has 2 N–H and O–H groups in total. The van der Waals surface area contributed by atoms with E-state index in [0.717, 1.165) is 20.2 Å². The second kappa shape index (κ2) is 7.26. The first-order chi connectivity index (χ1) is 9.63. The van der Waals surface area contributed by atoms with Crippen molar-refractivity contribution < 1.29 is 4.79 Å². The zero-order valence-electron chi connectivity index (χ0n) is 10.4. The van der Waals surface area contributed by atoms with E-state index < -0.39 is 0 Å². The number of urea groups is 1. The summed E-state index contributed by atoms with van der Waals surface area (Å²) in [5, 5.41) is 5.39. The average molecular weight is 396 g/mol. The molecule has 20 heavy (non-hydrogen) atoms. The Morgan fingerprint density at radius 1 is 0.900 bits per heavy atom. The van der Waals surface area contributed by atoms with Crippen molar-refractivity contribution in [1.29, 1.82) is 0 Å². The van der Waals surface area contributed by atoms with Crippen LogP contribution in [0.25, 0.3) is 6.08 Å². The van der Waals surface area contributed by atoms with Gasteiger partial charge in [0.1, 0.15) is 0 Å². The molecule has 0 spiro atoms. The highest BCUT2D eigenvalue weighted by molar-refractivity contribution is 9.10. The molecule has 0 radical (unpaired) electrons. The van der Waals surface area contributed by atoms with E-state index >= 15 is 0 Å². The van der Waals surface area contributed by atoms with E-state index in [9.17, 15) is 4.79 Å². The molecule has 0 aliphatic heterocycles. The standard InChI is InChI=1S/C15H12Br2N2O/c16-12-3-1-11(2-4-12)9-10-18-15(20)19-14-7-5-13(17)6-8-14/h1-10H,(H2,18,19,20)/b10-9+. The first-order valence-electron chi connectivity index (χ1n) is 5.89. The lowest BCUT2D eigenvalue weighted by atomic mass is 10.2. The summed E-state index contributed by atoms with van der Waals surface area (Å²) < 4.78 is 1.99. The van der Waals surface area contributed by atoms with E-state index in [2.05, 4.69) is 42.5 Å². The Hall–Kier alpha value is -1.59. The highest BCUT2D eigenvalue weighted by Gasteiger charge is 1.98. The van der Waals surface area contributed by atoms with Crippen LogP contribution in [0.2, 0.25) is 0 Å². The molecule has 0 aliphatic rings. The van der Waals surface area contributed by atoms with E-state index in [1.807, 2.05) is 54.6 Å². The van der Waals surface area contributed by atoms with E-state index in [4.69, 9.17) is 0 Å². The minimum atomic E-state index is -0.277. The van der Waals surface area contributed by atoms with Crippen LogP contribution in [0.1, 0.15) is 5.56 Å². The van der Waals surface area contributed by atoms with Gasteiger partial charge in [-0.05, 0) is 48.0 Å². The number of amides is 2. The lowest BCUT2D eigenvalue weighted by Gasteiger charge is -2.04. The summed E-state index contributed by atoms with van der Waals surface area (Å²) in [4.78, 5) is 11.6. The summed E-state index contributed by atoms with van der Waals surface area (Å²) in [5.41, 5.74) is 1.75. The van der Waals surface area contributed by atoms with Gasteiger partial charge in [-0.25, -0.2) is 4.79 Å². The Kier molecular flexibility index (Phi) is 5.38. The molecule has 0 saturated heterocycles. The lowest BCUT2D eigenvalue weighted by Crippen LogP contribution is -2.23. The van der Waals surface area contributed by atoms with Crippen LogP contribution in [0.4, 0.5) is 10.5 Å². The van der Waals surface area contributed by atoms with Crippen LogP contribution >= 0.6 is 31.9 Å². The molecule has 0 heterocycles. The van der Waals surface area contributed by atoms with Crippen LogP contribution < -0.4 is 10.6 Å². The van der Waals surface area contributed by atoms with Crippen molar-refractivity contribution in [3.63, 3.8) is 0 Å². The van der Waals surface area contributed by atoms with E-state index in [0.29, 0.717) is 0 Å². The van der Waals surface area contributed by atoms with Crippen LogP contribution in [-0.4, -0.2) is 6.03 Å². The smallest absolute Gasteiger partial charge is 0.314 e. The van der Waals surface area contributed by atoms with Gasteiger partial charge in [0, 0.05) is 20.8 Å². The van der Waals surface area contributed by atoms with Crippen molar-refractivity contribution in [1.82, 2.24) is 5.32 Å². The van der Waals surface area contributed by atoms with Gasteiger partial charge in [0.05, 0.1) is 0 Å². The first-order valence-corrected chi connectivity index (χ1v) is 7.47. The lowest BCUT2D eigenvalue weighted by molar-refractivity contribution is 0.255. The molecule has 2 aromatic rings. The third-order valence-electron chi connectivity index (χ3n) is 2.46. The Morgan fingerprint density at radius 2 is 1.45 bits per heavy atom. The summed E-state index contributed by atoms with van der Waals surface area (Å²) >= 11 is 6.71. The van der Waals surface area contributed by atoms with Gasteiger partial charge in [0.15, 0.2) is 0 Å². The average Bonchev–Trinajstić information content (AvgIpc) is 2.44. The molecule has 5 heteroatoms. The van der Waals surface area contributed by atoms with Gasteiger partial charge < -0.3 is 10.6 Å². The number of halogens is 2.